The van der Waals surface area contributed by atoms with Crippen LogP contribution in [0.15, 0.2) is 68.6 Å². The molecule has 0 unspecified atom stereocenters. The Hall–Kier alpha value is -2.72. The molecule has 138 valence electrons. The van der Waals surface area contributed by atoms with Gasteiger partial charge in [0.1, 0.15) is 9.79 Å². The first-order valence-corrected chi connectivity index (χ1v) is 10.1. The van der Waals surface area contributed by atoms with E-state index in [1.807, 2.05) is 13.8 Å². The Bertz CT molecular complexity index is 924. The first-order valence-electron chi connectivity index (χ1n) is 7.27. The summed E-state index contributed by atoms with van der Waals surface area (Å²) >= 11 is 0. The zero-order valence-corrected chi connectivity index (χ0v) is 15.6. The van der Waals surface area contributed by atoms with Crippen molar-refractivity contribution in [3.8, 4) is 0 Å². The van der Waals surface area contributed by atoms with E-state index in [0.717, 1.165) is 23.6 Å². The van der Waals surface area contributed by atoms with Gasteiger partial charge in [-0.05, 0) is 38.1 Å². The van der Waals surface area contributed by atoms with E-state index >= 15 is 0 Å². The second-order valence-corrected chi connectivity index (χ2v) is 8.25. The molecule has 0 spiro atoms. The van der Waals surface area contributed by atoms with E-state index in [0.29, 0.717) is 0 Å². The van der Waals surface area contributed by atoms with Gasteiger partial charge in [0.2, 0.25) is 0 Å². The summed E-state index contributed by atoms with van der Waals surface area (Å²) in [5.74, 6) is 0. The smallest absolute Gasteiger partial charge is 0.265 e. The van der Waals surface area contributed by atoms with Crippen LogP contribution in [0.4, 0.5) is 0 Å². The molecule has 2 aromatic carbocycles. The fourth-order valence-corrected chi connectivity index (χ4v) is 3.15. The van der Waals surface area contributed by atoms with Crippen molar-refractivity contribution in [1.82, 2.24) is 0 Å². The standard InChI is InChI=1S/C16H16N2O6S2/c1-13-3-7-15(8-4-13)25(19,20)23-17-11-12-18-24-26(21,22)16-9-5-14(2)6-10-16/h3-12H,1-2H3. The molecular weight excluding hydrogens is 380 g/mol. The van der Waals surface area contributed by atoms with Crippen molar-refractivity contribution >= 4 is 32.7 Å². The molecule has 8 nitrogen and oxygen atoms in total. The van der Waals surface area contributed by atoms with Gasteiger partial charge in [-0.3, -0.25) is 8.57 Å². The average Bonchev–Trinajstić information content (AvgIpc) is 2.58. The summed E-state index contributed by atoms with van der Waals surface area (Å²) in [6, 6.07) is 12.0. The fourth-order valence-electron chi connectivity index (χ4n) is 1.71. The van der Waals surface area contributed by atoms with E-state index in [9.17, 15) is 16.8 Å². The van der Waals surface area contributed by atoms with Gasteiger partial charge in [-0.25, -0.2) is 0 Å². The Morgan fingerprint density at radius 2 is 0.962 bits per heavy atom. The molecule has 2 rings (SSSR count). The third kappa shape index (κ3) is 5.39. The summed E-state index contributed by atoms with van der Waals surface area (Å²) < 4.78 is 56.2. The predicted octanol–water partition coefficient (Wildman–Crippen LogP) is 2.39. The second-order valence-electron chi connectivity index (χ2n) is 5.19. The molecule has 10 heteroatoms. The van der Waals surface area contributed by atoms with Crippen LogP contribution in [0.25, 0.3) is 0 Å². The molecule has 0 saturated heterocycles. The number of oxime groups is 2. The van der Waals surface area contributed by atoms with Crippen LogP contribution in [0, 0.1) is 13.8 Å². The Morgan fingerprint density at radius 1 is 0.654 bits per heavy atom. The Labute approximate surface area is 152 Å². The highest BCUT2D eigenvalue weighted by Gasteiger charge is 2.15. The predicted molar refractivity (Wildman–Crippen MR) is 95.9 cm³/mol. The van der Waals surface area contributed by atoms with E-state index in [-0.39, 0.29) is 9.79 Å². The van der Waals surface area contributed by atoms with E-state index < -0.39 is 20.2 Å². The fraction of sp³-hybridized carbons (Fsp3) is 0.125. The minimum Gasteiger partial charge on any atom is -0.265 e. The number of nitrogens with zero attached hydrogens (tertiary/aromatic N) is 2. The number of rotatable bonds is 7. The van der Waals surface area contributed by atoms with Crippen LogP contribution in [-0.2, 0) is 28.8 Å². The molecule has 2 aromatic rings. The van der Waals surface area contributed by atoms with Crippen molar-refractivity contribution in [2.45, 2.75) is 23.6 Å². The number of benzene rings is 2. The minimum atomic E-state index is -4.06. The van der Waals surface area contributed by atoms with Crippen LogP contribution < -0.4 is 0 Å². The van der Waals surface area contributed by atoms with Crippen LogP contribution in [-0.4, -0.2) is 29.3 Å². The lowest BCUT2D eigenvalue weighted by Gasteiger charge is -2.01. The summed E-state index contributed by atoms with van der Waals surface area (Å²) in [5, 5.41) is 6.42. The van der Waals surface area contributed by atoms with E-state index in [1.165, 1.54) is 24.3 Å². The quantitative estimate of drug-likeness (QED) is 0.525. The van der Waals surface area contributed by atoms with E-state index in [1.54, 1.807) is 24.3 Å². The van der Waals surface area contributed by atoms with Crippen LogP contribution >= 0.6 is 0 Å². The lowest BCUT2D eigenvalue weighted by Crippen LogP contribution is -2.03. The Balaban J connectivity index is 1.93. The minimum absolute atomic E-state index is 0.0598. The third-order valence-electron chi connectivity index (χ3n) is 3.09. The van der Waals surface area contributed by atoms with Gasteiger partial charge in [-0.15, -0.1) is 0 Å². The summed E-state index contributed by atoms with van der Waals surface area (Å²) in [6.07, 6.45) is 1.69. The van der Waals surface area contributed by atoms with Gasteiger partial charge in [0.05, 0.1) is 12.4 Å². The lowest BCUT2D eigenvalue weighted by atomic mass is 10.2. The van der Waals surface area contributed by atoms with E-state index in [4.69, 9.17) is 0 Å². The van der Waals surface area contributed by atoms with Crippen molar-refractivity contribution in [3.05, 3.63) is 59.7 Å². The highest BCUT2D eigenvalue weighted by molar-refractivity contribution is 7.87. The van der Waals surface area contributed by atoms with E-state index in [2.05, 4.69) is 18.9 Å². The van der Waals surface area contributed by atoms with Crippen LogP contribution in [0.1, 0.15) is 11.1 Å². The molecule has 0 aliphatic heterocycles. The molecule has 0 saturated carbocycles. The van der Waals surface area contributed by atoms with Gasteiger partial charge in [0.15, 0.2) is 0 Å². The van der Waals surface area contributed by atoms with Crippen molar-refractivity contribution in [3.63, 3.8) is 0 Å². The van der Waals surface area contributed by atoms with Gasteiger partial charge in [0.25, 0.3) is 0 Å². The molecule has 0 atom stereocenters. The van der Waals surface area contributed by atoms with Crippen molar-refractivity contribution < 1.29 is 25.4 Å². The molecule has 0 aliphatic rings. The number of aryl methyl sites for hydroxylation is 2. The monoisotopic (exact) mass is 396 g/mol. The van der Waals surface area contributed by atoms with Gasteiger partial charge in [-0.2, -0.15) is 16.8 Å². The molecule has 0 amide bonds. The number of hydrogen-bond donors (Lipinski definition) is 0. The second kappa shape index (κ2) is 8.11. The molecule has 0 bridgehead atoms. The summed E-state index contributed by atoms with van der Waals surface area (Å²) in [5.41, 5.74) is 1.79. The first kappa shape index (κ1) is 19.6. The average molecular weight is 396 g/mol. The first-order chi connectivity index (χ1) is 12.2. The maximum atomic E-state index is 11.8. The van der Waals surface area contributed by atoms with Crippen molar-refractivity contribution in [1.29, 1.82) is 0 Å². The van der Waals surface area contributed by atoms with Crippen LogP contribution in [0.5, 0.6) is 0 Å². The van der Waals surface area contributed by atoms with Gasteiger partial charge < -0.3 is 0 Å². The molecule has 0 aromatic heterocycles. The molecule has 0 N–H and O–H groups in total. The number of hydrogen-bond acceptors (Lipinski definition) is 8. The highest BCUT2D eigenvalue weighted by Crippen LogP contribution is 2.14. The van der Waals surface area contributed by atoms with Gasteiger partial charge in [0, 0.05) is 0 Å². The zero-order chi connectivity index (χ0) is 19.2. The third-order valence-corrected chi connectivity index (χ3v) is 5.35. The Morgan fingerprint density at radius 3 is 1.27 bits per heavy atom. The Kier molecular flexibility index (Phi) is 6.11. The molecule has 0 radical (unpaired) electrons. The maximum absolute atomic E-state index is 11.8. The van der Waals surface area contributed by atoms with Crippen LogP contribution in [0.3, 0.4) is 0 Å². The normalized spacial score (nSPS) is 12.5. The molecule has 0 heterocycles. The summed E-state index contributed by atoms with van der Waals surface area (Å²) in [4.78, 5) is -0.120. The summed E-state index contributed by atoms with van der Waals surface area (Å²) in [6.45, 7) is 3.63. The maximum Gasteiger partial charge on any atom is 0.358 e. The topological polar surface area (TPSA) is 111 Å². The zero-order valence-electron chi connectivity index (χ0n) is 13.9. The van der Waals surface area contributed by atoms with Crippen molar-refractivity contribution in [2.75, 3.05) is 0 Å². The summed E-state index contributed by atoms with van der Waals surface area (Å²) in [7, 11) is -8.12. The van der Waals surface area contributed by atoms with Gasteiger partial charge >= 0.3 is 20.2 Å². The molecule has 0 aliphatic carbocycles. The lowest BCUT2D eigenvalue weighted by molar-refractivity contribution is 0.337. The molecular formula is C16H16N2O6S2. The van der Waals surface area contributed by atoms with Crippen molar-refractivity contribution in [2.24, 2.45) is 10.3 Å². The SMILES string of the molecule is Cc1ccc(S(=O)(=O)ON=CC=NOS(=O)(=O)c2ccc(C)cc2)cc1. The van der Waals surface area contributed by atoms with Crippen LogP contribution in [0.2, 0.25) is 0 Å². The highest BCUT2D eigenvalue weighted by atomic mass is 32.2. The molecule has 0 fully saturated rings. The molecule has 26 heavy (non-hydrogen) atoms. The largest absolute Gasteiger partial charge is 0.358 e. The van der Waals surface area contributed by atoms with Gasteiger partial charge in [-0.1, -0.05) is 45.7 Å².